The summed E-state index contributed by atoms with van der Waals surface area (Å²) in [4.78, 5) is 28.3. The number of aromatic nitrogens is 1. The number of hydrogen-bond acceptors (Lipinski definition) is 5. The molecule has 0 amide bonds. The van der Waals surface area contributed by atoms with E-state index in [1.54, 1.807) is 25.3 Å². The largest absolute Gasteiger partial charge is 0.497 e. The van der Waals surface area contributed by atoms with Crippen LogP contribution in [0.4, 0.5) is 0 Å². The van der Waals surface area contributed by atoms with Gasteiger partial charge in [0.05, 0.1) is 40.6 Å². The third-order valence-electron chi connectivity index (χ3n) is 4.25. The Bertz CT molecular complexity index is 1170. The van der Waals surface area contributed by atoms with Crippen LogP contribution < -0.4 is 10.2 Å². The third-order valence-corrected chi connectivity index (χ3v) is 5.14. The van der Waals surface area contributed by atoms with Crippen molar-refractivity contribution in [3.05, 3.63) is 51.6 Å². The van der Waals surface area contributed by atoms with Crippen molar-refractivity contribution in [3.63, 3.8) is 0 Å². The minimum absolute atomic E-state index is 0.0517. The molecule has 0 aliphatic heterocycles. The molecule has 4 aromatic rings. The number of aromatic amines is 1. The lowest BCUT2D eigenvalue weighted by molar-refractivity contribution is -0.136. The Labute approximate surface area is 151 Å². The van der Waals surface area contributed by atoms with E-state index >= 15 is 0 Å². The topological polar surface area (TPSA) is 92.5 Å². The normalized spacial score (nSPS) is 11.3. The number of carboxylic acids is 1. The maximum atomic E-state index is 13.2. The van der Waals surface area contributed by atoms with Crippen LogP contribution in [0.15, 0.2) is 44.9 Å². The molecule has 2 N–H and O–H groups in total. The van der Waals surface area contributed by atoms with Crippen molar-refractivity contribution in [2.75, 3.05) is 7.11 Å². The first-order chi connectivity index (χ1) is 12.6. The van der Waals surface area contributed by atoms with Gasteiger partial charge >= 0.3 is 5.97 Å². The quantitative estimate of drug-likeness (QED) is 0.554. The van der Waals surface area contributed by atoms with Crippen molar-refractivity contribution in [3.8, 4) is 16.3 Å². The van der Waals surface area contributed by atoms with Crippen LogP contribution in [-0.4, -0.2) is 23.2 Å². The lowest BCUT2D eigenvalue weighted by Crippen LogP contribution is -2.02. The van der Waals surface area contributed by atoms with Crippen LogP contribution in [0.1, 0.15) is 12.1 Å². The lowest BCUT2D eigenvalue weighted by atomic mass is 10.1. The van der Waals surface area contributed by atoms with Gasteiger partial charge in [-0.05, 0) is 29.6 Å². The summed E-state index contributed by atoms with van der Waals surface area (Å²) in [7, 11) is 1.54. The SMILES string of the molecule is COc1ccc2oc3c(CCC(=O)O)[nH]c(-c4cccs4)c3c(=O)c2c1. The lowest BCUT2D eigenvalue weighted by Gasteiger charge is -2.03. The van der Waals surface area contributed by atoms with Crippen molar-refractivity contribution in [1.29, 1.82) is 0 Å². The van der Waals surface area contributed by atoms with Crippen LogP contribution in [0.25, 0.3) is 32.5 Å². The molecule has 0 radical (unpaired) electrons. The van der Waals surface area contributed by atoms with E-state index in [4.69, 9.17) is 14.3 Å². The van der Waals surface area contributed by atoms with E-state index in [1.807, 2.05) is 17.5 Å². The van der Waals surface area contributed by atoms with Gasteiger partial charge < -0.3 is 19.2 Å². The Balaban J connectivity index is 2.04. The average Bonchev–Trinajstić information content (AvgIpc) is 3.27. The van der Waals surface area contributed by atoms with Gasteiger partial charge in [-0.15, -0.1) is 11.3 Å². The molecule has 0 spiro atoms. The number of nitrogens with one attached hydrogen (secondary N) is 1. The molecule has 7 heteroatoms. The van der Waals surface area contributed by atoms with Gasteiger partial charge in [0.1, 0.15) is 11.3 Å². The van der Waals surface area contributed by atoms with E-state index < -0.39 is 5.97 Å². The molecule has 0 aliphatic carbocycles. The second-order valence-corrected chi connectivity index (χ2v) is 6.79. The fraction of sp³-hybridized carbons (Fsp3) is 0.158. The van der Waals surface area contributed by atoms with Gasteiger partial charge in [0.25, 0.3) is 0 Å². The van der Waals surface area contributed by atoms with Crippen molar-refractivity contribution in [1.82, 2.24) is 4.98 Å². The number of methoxy groups -OCH3 is 1. The van der Waals surface area contributed by atoms with E-state index in [9.17, 15) is 9.59 Å². The van der Waals surface area contributed by atoms with Crippen molar-refractivity contribution in [2.24, 2.45) is 0 Å². The summed E-state index contributed by atoms with van der Waals surface area (Å²) in [5, 5.41) is 11.8. The van der Waals surface area contributed by atoms with Gasteiger partial charge in [-0.25, -0.2) is 0 Å². The standard InChI is InChI=1S/C19H15NO5S/c1-24-10-4-6-13-11(9-10)18(23)16-17(14-3-2-8-26-14)20-12(19(16)25-13)5-7-15(21)22/h2-4,6,8-9,20H,5,7H2,1H3,(H,21,22). The molecule has 3 aromatic heterocycles. The van der Waals surface area contributed by atoms with Crippen LogP contribution >= 0.6 is 11.3 Å². The molecule has 26 heavy (non-hydrogen) atoms. The molecule has 0 fully saturated rings. The molecule has 0 unspecified atom stereocenters. The van der Waals surface area contributed by atoms with Gasteiger partial charge in [-0.2, -0.15) is 0 Å². The highest BCUT2D eigenvalue weighted by molar-refractivity contribution is 7.13. The van der Waals surface area contributed by atoms with E-state index in [0.29, 0.717) is 39.1 Å². The summed E-state index contributed by atoms with van der Waals surface area (Å²) < 4.78 is 11.2. The van der Waals surface area contributed by atoms with Crippen LogP contribution in [0, 0.1) is 0 Å². The van der Waals surface area contributed by atoms with Gasteiger partial charge in [-0.3, -0.25) is 9.59 Å². The fourth-order valence-electron chi connectivity index (χ4n) is 3.02. The molecule has 6 nitrogen and oxygen atoms in total. The maximum Gasteiger partial charge on any atom is 0.303 e. The number of hydrogen-bond donors (Lipinski definition) is 2. The number of rotatable bonds is 5. The number of fused-ring (bicyclic) bond motifs is 2. The number of ether oxygens (including phenoxy) is 1. The van der Waals surface area contributed by atoms with Gasteiger partial charge in [0.15, 0.2) is 5.58 Å². The summed E-state index contributed by atoms with van der Waals surface area (Å²) >= 11 is 1.50. The first kappa shape index (κ1) is 16.4. The van der Waals surface area contributed by atoms with Crippen molar-refractivity contribution < 1.29 is 19.1 Å². The molecular formula is C19H15NO5S. The van der Waals surface area contributed by atoms with Crippen LogP contribution in [0.5, 0.6) is 5.75 Å². The summed E-state index contributed by atoms with van der Waals surface area (Å²) in [5.74, 6) is -0.332. The first-order valence-electron chi connectivity index (χ1n) is 7.99. The third kappa shape index (κ3) is 2.66. The highest BCUT2D eigenvalue weighted by atomic mass is 32.1. The van der Waals surface area contributed by atoms with E-state index in [1.165, 1.54) is 11.3 Å². The summed E-state index contributed by atoms with van der Waals surface area (Å²) in [6, 6.07) is 8.87. The van der Waals surface area contributed by atoms with Gasteiger partial charge in [0.2, 0.25) is 5.43 Å². The molecule has 0 bridgehead atoms. The Kier molecular flexibility index (Phi) is 4.00. The van der Waals surface area contributed by atoms with Gasteiger partial charge in [0, 0.05) is 6.42 Å². The second kappa shape index (κ2) is 6.34. The monoisotopic (exact) mass is 369 g/mol. The molecule has 0 saturated heterocycles. The van der Waals surface area contributed by atoms with Crippen molar-refractivity contribution >= 4 is 39.2 Å². The fourth-order valence-corrected chi connectivity index (χ4v) is 3.76. The Hall–Kier alpha value is -3.06. The Morgan fingerprint density at radius 2 is 2.19 bits per heavy atom. The minimum atomic E-state index is -0.904. The zero-order valence-corrected chi connectivity index (χ0v) is 14.7. The summed E-state index contributed by atoms with van der Waals surface area (Å²) in [6.45, 7) is 0. The van der Waals surface area contributed by atoms with Crippen LogP contribution in [-0.2, 0) is 11.2 Å². The number of aliphatic carboxylic acids is 1. The zero-order valence-electron chi connectivity index (χ0n) is 13.9. The predicted molar refractivity (Wildman–Crippen MR) is 100 cm³/mol. The van der Waals surface area contributed by atoms with E-state index in [-0.39, 0.29) is 18.3 Å². The van der Waals surface area contributed by atoms with Crippen molar-refractivity contribution in [2.45, 2.75) is 12.8 Å². The summed E-state index contributed by atoms with van der Waals surface area (Å²) in [6.07, 6.45) is 0.200. The average molecular weight is 369 g/mol. The van der Waals surface area contributed by atoms with E-state index in [0.717, 1.165) is 4.88 Å². The molecular weight excluding hydrogens is 354 g/mol. The minimum Gasteiger partial charge on any atom is -0.497 e. The number of H-pyrrole nitrogens is 1. The molecule has 0 saturated carbocycles. The van der Waals surface area contributed by atoms with E-state index in [2.05, 4.69) is 4.98 Å². The highest BCUT2D eigenvalue weighted by Crippen LogP contribution is 2.34. The Morgan fingerprint density at radius 1 is 1.35 bits per heavy atom. The molecule has 3 heterocycles. The maximum absolute atomic E-state index is 13.2. The summed E-state index contributed by atoms with van der Waals surface area (Å²) in [5.41, 5.74) is 1.96. The molecule has 132 valence electrons. The second-order valence-electron chi connectivity index (χ2n) is 5.85. The number of carboxylic acid groups (broad SMARTS) is 1. The number of aryl methyl sites for hydroxylation is 1. The zero-order chi connectivity index (χ0) is 18.3. The molecule has 1 aromatic carbocycles. The van der Waals surface area contributed by atoms with Crippen LogP contribution in [0.3, 0.4) is 0 Å². The molecule has 0 atom stereocenters. The first-order valence-corrected chi connectivity index (χ1v) is 8.87. The molecule has 0 aliphatic rings. The number of carbonyl (C=O) groups is 1. The predicted octanol–water partition coefficient (Wildman–Crippen LogP) is 4.03. The highest BCUT2D eigenvalue weighted by Gasteiger charge is 2.20. The number of benzene rings is 1. The Morgan fingerprint density at radius 3 is 2.88 bits per heavy atom. The number of thiophene rings is 1. The van der Waals surface area contributed by atoms with Gasteiger partial charge in [-0.1, -0.05) is 6.07 Å². The smallest absolute Gasteiger partial charge is 0.303 e. The van der Waals surface area contributed by atoms with Crippen LogP contribution in [0.2, 0.25) is 0 Å². The molecule has 4 rings (SSSR count).